The smallest absolute Gasteiger partial charge is 0.323 e. The third kappa shape index (κ3) is 3.37. The Morgan fingerprint density at radius 3 is 2.78 bits per heavy atom. The van der Waals surface area contributed by atoms with E-state index in [4.69, 9.17) is 4.52 Å². The van der Waals surface area contributed by atoms with E-state index in [1.165, 1.54) is 0 Å². The highest BCUT2D eigenvalue weighted by molar-refractivity contribution is 5.94. The number of aromatic nitrogens is 4. The zero-order valence-corrected chi connectivity index (χ0v) is 14.7. The maximum atomic E-state index is 12.4. The Labute approximate surface area is 153 Å². The van der Waals surface area contributed by atoms with Crippen molar-refractivity contribution in [1.82, 2.24) is 25.4 Å². The molecule has 2 heterocycles. The molecule has 0 fully saturated rings. The third-order valence-corrected chi connectivity index (χ3v) is 4.21. The molecule has 0 aliphatic carbocycles. The Kier molecular flexibility index (Phi) is 4.08. The summed E-state index contributed by atoms with van der Waals surface area (Å²) in [5, 5.41) is 6.83. The summed E-state index contributed by atoms with van der Waals surface area (Å²) in [6.45, 7) is 3.71. The number of nitrogens with zero attached hydrogens (tertiary/aromatic N) is 2. The van der Waals surface area contributed by atoms with E-state index in [1.807, 2.05) is 25.1 Å². The van der Waals surface area contributed by atoms with E-state index in [9.17, 15) is 9.59 Å². The molecule has 3 N–H and O–H groups in total. The van der Waals surface area contributed by atoms with Gasteiger partial charge in [-0.3, -0.25) is 4.79 Å². The molecule has 2 aromatic carbocycles. The molecule has 0 saturated carbocycles. The lowest BCUT2D eigenvalue weighted by molar-refractivity contribution is 0.0932. The van der Waals surface area contributed by atoms with Gasteiger partial charge in [0.2, 0.25) is 11.7 Å². The Morgan fingerprint density at radius 1 is 1.15 bits per heavy atom. The minimum absolute atomic E-state index is 0.211. The third-order valence-electron chi connectivity index (χ3n) is 4.21. The molecule has 1 amide bonds. The van der Waals surface area contributed by atoms with Gasteiger partial charge in [-0.15, -0.1) is 0 Å². The summed E-state index contributed by atoms with van der Waals surface area (Å²) in [6.07, 6.45) is 0. The number of nitrogens with one attached hydrogen (secondary N) is 3. The van der Waals surface area contributed by atoms with Crippen molar-refractivity contribution in [3.63, 3.8) is 0 Å². The lowest BCUT2D eigenvalue weighted by Crippen LogP contribution is -2.26. The van der Waals surface area contributed by atoms with Gasteiger partial charge in [-0.05, 0) is 44.2 Å². The van der Waals surface area contributed by atoms with Crippen LogP contribution in [-0.4, -0.2) is 26.0 Å². The molecule has 0 aliphatic rings. The standard InChI is InChI=1S/C19H17N5O3/c1-10-4-3-5-13(8-10)17(25)20-11(2)18-23-16(24-27-18)12-6-7-14-15(9-12)22-19(26)21-14/h3-9,11H,1-2H3,(H,20,25)(H2,21,22,26). The molecule has 8 heteroatoms. The fourth-order valence-electron chi connectivity index (χ4n) is 2.83. The molecule has 1 atom stereocenters. The predicted octanol–water partition coefficient (Wildman–Crippen LogP) is 2.71. The number of aromatic amines is 2. The Balaban J connectivity index is 1.54. The van der Waals surface area contributed by atoms with E-state index in [0.717, 1.165) is 5.56 Å². The molecule has 4 aromatic rings. The van der Waals surface area contributed by atoms with Gasteiger partial charge in [-0.2, -0.15) is 4.98 Å². The molecule has 2 aromatic heterocycles. The zero-order valence-electron chi connectivity index (χ0n) is 14.7. The first-order valence-electron chi connectivity index (χ1n) is 8.43. The van der Waals surface area contributed by atoms with Crippen molar-refractivity contribution >= 4 is 16.9 Å². The van der Waals surface area contributed by atoms with Crippen LogP contribution in [0.25, 0.3) is 22.4 Å². The number of imidazole rings is 1. The van der Waals surface area contributed by atoms with Crippen LogP contribution in [0.15, 0.2) is 51.8 Å². The van der Waals surface area contributed by atoms with Gasteiger partial charge >= 0.3 is 5.69 Å². The Bertz CT molecular complexity index is 1190. The number of aryl methyl sites for hydroxylation is 1. The number of carbonyl (C=O) groups is 1. The largest absolute Gasteiger partial charge is 0.341 e. The minimum atomic E-state index is -0.449. The van der Waals surface area contributed by atoms with Crippen molar-refractivity contribution in [2.45, 2.75) is 19.9 Å². The van der Waals surface area contributed by atoms with Crippen molar-refractivity contribution in [2.24, 2.45) is 0 Å². The van der Waals surface area contributed by atoms with Gasteiger partial charge in [0.1, 0.15) is 6.04 Å². The van der Waals surface area contributed by atoms with Gasteiger partial charge in [0.05, 0.1) is 11.0 Å². The summed E-state index contributed by atoms with van der Waals surface area (Å²) in [4.78, 5) is 33.5. The molecular formula is C19H17N5O3. The number of rotatable bonds is 4. The molecule has 0 aliphatic heterocycles. The van der Waals surface area contributed by atoms with Crippen molar-refractivity contribution in [3.05, 3.63) is 70.0 Å². The number of fused-ring (bicyclic) bond motifs is 1. The highest BCUT2D eigenvalue weighted by atomic mass is 16.5. The second kappa shape index (κ2) is 6.56. The van der Waals surface area contributed by atoms with Gasteiger partial charge in [0.15, 0.2) is 0 Å². The Morgan fingerprint density at radius 2 is 1.96 bits per heavy atom. The first-order valence-corrected chi connectivity index (χ1v) is 8.43. The van der Waals surface area contributed by atoms with Crippen molar-refractivity contribution < 1.29 is 9.32 Å². The summed E-state index contributed by atoms with van der Waals surface area (Å²) in [5.74, 6) is 0.469. The molecule has 0 saturated heterocycles. The number of carbonyl (C=O) groups excluding carboxylic acids is 1. The zero-order chi connectivity index (χ0) is 19.0. The van der Waals surface area contributed by atoms with E-state index in [0.29, 0.717) is 33.9 Å². The molecule has 0 radical (unpaired) electrons. The SMILES string of the molecule is Cc1cccc(C(=O)NC(C)c2nc(-c3ccc4[nH]c(=O)[nH]c4c3)no2)c1. The van der Waals surface area contributed by atoms with Gasteiger partial charge in [0.25, 0.3) is 5.91 Å². The monoisotopic (exact) mass is 363 g/mol. The lowest BCUT2D eigenvalue weighted by atomic mass is 10.1. The van der Waals surface area contributed by atoms with Gasteiger partial charge in [-0.1, -0.05) is 22.9 Å². The second-order valence-corrected chi connectivity index (χ2v) is 6.36. The van der Waals surface area contributed by atoms with Crippen LogP contribution < -0.4 is 11.0 Å². The van der Waals surface area contributed by atoms with E-state index in [1.54, 1.807) is 31.2 Å². The lowest BCUT2D eigenvalue weighted by Gasteiger charge is -2.09. The number of benzene rings is 2. The number of H-pyrrole nitrogens is 2. The Hall–Kier alpha value is -3.68. The average molecular weight is 363 g/mol. The van der Waals surface area contributed by atoms with Crippen LogP contribution in [0.1, 0.15) is 34.8 Å². The van der Waals surface area contributed by atoms with Crippen LogP contribution in [0.5, 0.6) is 0 Å². The van der Waals surface area contributed by atoms with Gasteiger partial charge in [-0.25, -0.2) is 4.79 Å². The minimum Gasteiger partial charge on any atom is -0.341 e. The van der Waals surface area contributed by atoms with E-state index >= 15 is 0 Å². The van der Waals surface area contributed by atoms with Crippen LogP contribution in [0.3, 0.4) is 0 Å². The fraction of sp³-hybridized carbons (Fsp3) is 0.158. The fourth-order valence-corrected chi connectivity index (χ4v) is 2.83. The summed E-state index contributed by atoms with van der Waals surface area (Å²) in [7, 11) is 0. The molecule has 4 rings (SSSR count). The molecule has 0 bridgehead atoms. The van der Waals surface area contributed by atoms with Gasteiger partial charge in [0, 0.05) is 11.1 Å². The second-order valence-electron chi connectivity index (χ2n) is 6.36. The van der Waals surface area contributed by atoms with Crippen LogP contribution in [-0.2, 0) is 0 Å². The summed E-state index contributed by atoms with van der Waals surface area (Å²) < 4.78 is 5.30. The number of hydrogen-bond acceptors (Lipinski definition) is 5. The molecule has 1 unspecified atom stereocenters. The normalized spacial score (nSPS) is 12.2. The van der Waals surface area contributed by atoms with Crippen molar-refractivity contribution in [3.8, 4) is 11.4 Å². The van der Waals surface area contributed by atoms with Crippen LogP contribution >= 0.6 is 0 Å². The van der Waals surface area contributed by atoms with Crippen LogP contribution in [0.4, 0.5) is 0 Å². The molecule has 27 heavy (non-hydrogen) atoms. The maximum absolute atomic E-state index is 12.4. The van der Waals surface area contributed by atoms with Crippen LogP contribution in [0.2, 0.25) is 0 Å². The maximum Gasteiger partial charge on any atom is 0.323 e. The quantitative estimate of drug-likeness (QED) is 0.515. The topological polar surface area (TPSA) is 117 Å². The van der Waals surface area contributed by atoms with Crippen molar-refractivity contribution in [2.75, 3.05) is 0 Å². The first kappa shape index (κ1) is 16.8. The summed E-state index contributed by atoms with van der Waals surface area (Å²) in [5.41, 5.74) is 3.36. The predicted molar refractivity (Wildman–Crippen MR) is 99.3 cm³/mol. The molecule has 8 nitrogen and oxygen atoms in total. The molecular weight excluding hydrogens is 346 g/mol. The summed E-state index contributed by atoms with van der Waals surface area (Å²) >= 11 is 0. The van der Waals surface area contributed by atoms with Crippen LogP contribution in [0, 0.1) is 6.92 Å². The first-order chi connectivity index (χ1) is 13.0. The van der Waals surface area contributed by atoms with Gasteiger partial charge < -0.3 is 19.8 Å². The summed E-state index contributed by atoms with van der Waals surface area (Å²) in [6, 6.07) is 12.2. The van der Waals surface area contributed by atoms with Crippen molar-refractivity contribution in [1.29, 1.82) is 0 Å². The molecule has 0 spiro atoms. The van der Waals surface area contributed by atoms with E-state index in [-0.39, 0.29) is 11.6 Å². The van der Waals surface area contributed by atoms with E-state index < -0.39 is 6.04 Å². The number of amides is 1. The highest BCUT2D eigenvalue weighted by Gasteiger charge is 2.18. The number of hydrogen-bond donors (Lipinski definition) is 3. The highest BCUT2D eigenvalue weighted by Crippen LogP contribution is 2.21. The molecule has 136 valence electrons. The average Bonchev–Trinajstić information content (AvgIpc) is 3.26. The van der Waals surface area contributed by atoms with E-state index in [2.05, 4.69) is 25.4 Å².